The van der Waals surface area contributed by atoms with Gasteiger partial charge in [0.1, 0.15) is 5.75 Å². The first-order valence-electron chi connectivity index (χ1n) is 15.3. The molecule has 226 valence electrons. The number of likely N-dealkylation sites (tertiary alicyclic amines) is 1. The Hall–Kier alpha value is -3.10. The van der Waals surface area contributed by atoms with Gasteiger partial charge in [0.25, 0.3) is 5.91 Å². The van der Waals surface area contributed by atoms with E-state index < -0.39 is 6.03 Å². The van der Waals surface area contributed by atoms with Gasteiger partial charge in [0.2, 0.25) is 5.91 Å². The van der Waals surface area contributed by atoms with E-state index in [-0.39, 0.29) is 24.8 Å². The SMILES string of the molecule is COc1ccc(CN(C)CCCC2CCC3(CC2)CCN(C(=O)c2ccc(Cl)c(N4CCC(=O)NC4=O)c2)CC3)cc1. The summed E-state index contributed by atoms with van der Waals surface area (Å²) in [5.41, 5.74) is 2.66. The Kier molecular flexibility index (Phi) is 9.74. The number of anilines is 1. The van der Waals surface area contributed by atoms with Crippen LogP contribution >= 0.6 is 11.6 Å². The molecule has 3 fully saturated rings. The molecule has 2 heterocycles. The number of amides is 4. The van der Waals surface area contributed by atoms with Crippen molar-refractivity contribution in [2.45, 2.75) is 64.3 Å². The molecular weight excluding hydrogens is 552 g/mol. The van der Waals surface area contributed by atoms with Crippen molar-refractivity contribution in [1.82, 2.24) is 15.1 Å². The van der Waals surface area contributed by atoms with Gasteiger partial charge in [0.15, 0.2) is 0 Å². The molecule has 0 radical (unpaired) electrons. The first-order valence-corrected chi connectivity index (χ1v) is 15.6. The number of halogens is 1. The van der Waals surface area contributed by atoms with Crippen molar-refractivity contribution in [3.05, 3.63) is 58.6 Å². The minimum atomic E-state index is -0.506. The number of carbonyl (C=O) groups is 3. The largest absolute Gasteiger partial charge is 0.497 e. The first kappa shape index (κ1) is 30.4. The summed E-state index contributed by atoms with van der Waals surface area (Å²) in [6.45, 7) is 3.83. The van der Waals surface area contributed by atoms with Crippen molar-refractivity contribution in [3.63, 3.8) is 0 Å². The van der Waals surface area contributed by atoms with Crippen molar-refractivity contribution in [3.8, 4) is 5.75 Å². The predicted molar refractivity (Wildman–Crippen MR) is 165 cm³/mol. The summed E-state index contributed by atoms with van der Waals surface area (Å²) >= 11 is 6.38. The van der Waals surface area contributed by atoms with Crippen LogP contribution in [-0.2, 0) is 11.3 Å². The van der Waals surface area contributed by atoms with E-state index in [1.165, 1.54) is 49.0 Å². The minimum absolute atomic E-state index is 0.0243. The van der Waals surface area contributed by atoms with Crippen molar-refractivity contribution in [2.24, 2.45) is 11.3 Å². The molecule has 42 heavy (non-hydrogen) atoms. The number of nitrogens with one attached hydrogen (secondary N) is 1. The summed E-state index contributed by atoms with van der Waals surface area (Å²) in [7, 11) is 3.90. The Morgan fingerprint density at radius 2 is 1.76 bits per heavy atom. The van der Waals surface area contributed by atoms with Crippen LogP contribution in [0.4, 0.5) is 10.5 Å². The average Bonchev–Trinajstić information content (AvgIpc) is 2.99. The molecule has 3 aliphatic rings. The van der Waals surface area contributed by atoms with Crippen molar-refractivity contribution >= 4 is 35.1 Å². The summed E-state index contributed by atoms with van der Waals surface area (Å²) in [5, 5.41) is 2.70. The standard InChI is InChI=1S/C33H43ClN4O4/c1-36(23-25-5-8-27(42-2)9-6-25)18-3-4-24-11-14-33(15-12-24)16-20-37(21-17-33)31(40)26-7-10-28(34)29(22-26)38-19-13-30(39)35-32(38)41/h5-10,22,24H,3-4,11-21,23H2,1-2H3,(H,35,39,41). The molecule has 0 unspecified atom stereocenters. The number of rotatable bonds is 9. The molecular formula is C33H43ClN4O4. The molecule has 9 heteroatoms. The van der Waals surface area contributed by atoms with Gasteiger partial charge in [-0.15, -0.1) is 0 Å². The van der Waals surface area contributed by atoms with Crippen LogP contribution in [0, 0.1) is 11.3 Å². The zero-order valence-electron chi connectivity index (χ0n) is 24.9. The van der Waals surface area contributed by atoms with Gasteiger partial charge in [-0.25, -0.2) is 4.79 Å². The number of piperidine rings is 1. The summed E-state index contributed by atoms with van der Waals surface area (Å²) in [6, 6.07) is 12.9. The van der Waals surface area contributed by atoms with Gasteiger partial charge < -0.3 is 14.5 Å². The third-order valence-corrected chi connectivity index (χ3v) is 9.90. The molecule has 2 saturated heterocycles. The van der Waals surface area contributed by atoms with Gasteiger partial charge in [0, 0.05) is 38.2 Å². The van der Waals surface area contributed by atoms with Crippen LogP contribution < -0.4 is 15.0 Å². The number of imide groups is 1. The second-order valence-corrected chi connectivity index (χ2v) is 12.8. The Labute approximate surface area is 254 Å². The monoisotopic (exact) mass is 594 g/mol. The van der Waals surface area contributed by atoms with E-state index >= 15 is 0 Å². The molecule has 0 atom stereocenters. The maximum absolute atomic E-state index is 13.4. The van der Waals surface area contributed by atoms with Gasteiger partial charge >= 0.3 is 6.03 Å². The van der Waals surface area contributed by atoms with Crippen LogP contribution in [-0.4, -0.2) is 68.0 Å². The molecule has 0 aromatic heterocycles. The lowest BCUT2D eigenvalue weighted by atomic mass is 9.65. The molecule has 0 bridgehead atoms. The second-order valence-electron chi connectivity index (χ2n) is 12.4. The predicted octanol–water partition coefficient (Wildman–Crippen LogP) is 6.12. The molecule has 2 aliphatic heterocycles. The van der Waals surface area contributed by atoms with Crippen molar-refractivity contribution < 1.29 is 19.1 Å². The lowest BCUT2D eigenvalue weighted by Crippen LogP contribution is -2.49. The third-order valence-electron chi connectivity index (χ3n) is 9.58. The first-order chi connectivity index (χ1) is 20.2. The van der Waals surface area contributed by atoms with Crippen molar-refractivity contribution in [1.29, 1.82) is 0 Å². The van der Waals surface area contributed by atoms with Crippen LogP contribution in [0.2, 0.25) is 5.02 Å². The topological polar surface area (TPSA) is 82.2 Å². The highest BCUT2D eigenvalue weighted by Gasteiger charge is 2.39. The number of urea groups is 1. The maximum atomic E-state index is 13.4. The smallest absolute Gasteiger partial charge is 0.328 e. The third kappa shape index (κ3) is 7.27. The highest BCUT2D eigenvalue weighted by atomic mass is 35.5. The van der Waals surface area contributed by atoms with Gasteiger partial charge in [-0.2, -0.15) is 0 Å². The molecule has 8 nitrogen and oxygen atoms in total. The number of carbonyl (C=O) groups excluding carboxylic acids is 3. The Morgan fingerprint density at radius 1 is 1.05 bits per heavy atom. The zero-order valence-corrected chi connectivity index (χ0v) is 25.6. The number of hydrogen-bond donors (Lipinski definition) is 1. The molecule has 1 saturated carbocycles. The fourth-order valence-electron chi connectivity index (χ4n) is 6.86. The number of methoxy groups -OCH3 is 1. The fraction of sp³-hybridized carbons (Fsp3) is 0.545. The van der Waals surface area contributed by atoms with Gasteiger partial charge in [-0.1, -0.05) is 23.7 Å². The summed E-state index contributed by atoms with van der Waals surface area (Å²) in [6.07, 6.45) is 9.91. The summed E-state index contributed by atoms with van der Waals surface area (Å²) < 4.78 is 5.26. The van der Waals surface area contributed by atoms with Gasteiger partial charge in [0.05, 0.1) is 17.8 Å². The van der Waals surface area contributed by atoms with Gasteiger partial charge in [-0.3, -0.25) is 19.8 Å². The number of benzene rings is 2. The number of hydrogen-bond acceptors (Lipinski definition) is 5. The molecule has 5 rings (SSSR count). The van der Waals surface area contributed by atoms with Crippen LogP contribution in [0.1, 0.15) is 73.7 Å². The van der Waals surface area contributed by atoms with E-state index in [0.717, 1.165) is 50.7 Å². The quantitative estimate of drug-likeness (QED) is 0.378. The number of nitrogens with zero attached hydrogens (tertiary/aromatic N) is 3. The van der Waals surface area contributed by atoms with Crippen LogP contribution in [0.15, 0.2) is 42.5 Å². The normalized spacial score (nSPS) is 19.3. The van der Waals surface area contributed by atoms with Crippen LogP contribution in [0.5, 0.6) is 5.75 Å². The van der Waals surface area contributed by atoms with E-state index in [9.17, 15) is 14.4 Å². The molecule has 4 amide bonds. The number of ether oxygens (including phenoxy) is 1. The molecule has 2 aromatic rings. The highest BCUT2D eigenvalue weighted by Crippen LogP contribution is 2.47. The summed E-state index contributed by atoms with van der Waals surface area (Å²) in [5.74, 6) is 1.38. The van der Waals surface area contributed by atoms with E-state index in [4.69, 9.17) is 16.3 Å². The Bertz CT molecular complexity index is 1270. The van der Waals surface area contributed by atoms with E-state index in [1.54, 1.807) is 25.3 Å². The zero-order chi connectivity index (χ0) is 29.7. The maximum Gasteiger partial charge on any atom is 0.328 e. The Balaban J connectivity index is 1.05. The molecule has 2 aromatic carbocycles. The van der Waals surface area contributed by atoms with E-state index in [1.807, 2.05) is 17.0 Å². The van der Waals surface area contributed by atoms with Crippen molar-refractivity contribution in [2.75, 3.05) is 45.2 Å². The lowest BCUT2D eigenvalue weighted by molar-refractivity contribution is -0.120. The molecule has 1 spiro atoms. The minimum Gasteiger partial charge on any atom is -0.497 e. The average molecular weight is 595 g/mol. The molecule has 1 N–H and O–H groups in total. The molecule has 1 aliphatic carbocycles. The van der Waals surface area contributed by atoms with E-state index in [0.29, 0.717) is 21.7 Å². The fourth-order valence-corrected chi connectivity index (χ4v) is 7.08. The van der Waals surface area contributed by atoms with Gasteiger partial charge in [-0.05, 0) is 112 Å². The Morgan fingerprint density at radius 3 is 2.43 bits per heavy atom. The van der Waals surface area contributed by atoms with Crippen LogP contribution in [0.25, 0.3) is 0 Å². The lowest BCUT2D eigenvalue weighted by Gasteiger charge is -2.46. The highest BCUT2D eigenvalue weighted by molar-refractivity contribution is 6.34. The van der Waals surface area contributed by atoms with Crippen LogP contribution in [0.3, 0.4) is 0 Å². The summed E-state index contributed by atoms with van der Waals surface area (Å²) in [4.78, 5) is 43.1. The second kappa shape index (κ2) is 13.5. The van der Waals surface area contributed by atoms with E-state index in [2.05, 4.69) is 29.4 Å².